The van der Waals surface area contributed by atoms with Crippen molar-refractivity contribution >= 4 is 0 Å². The predicted molar refractivity (Wildman–Crippen MR) is 54.5 cm³/mol. The average molecular weight is 182 g/mol. The van der Waals surface area contributed by atoms with Gasteiger partial charge in [-0.25, -0.2) is 0 Å². The van der Waals surface area contributed by atoms with E-state index in [0.717, 1.165) is 12.3 Å². The Hall–Kier alpha value is -0.0400. The second kappa shape index (κ2) is 3.61. The Balaban J connectivity index is 1.76. The molecular formula is C12H22O. The van der Waals surface area contributed by atoms with E-state index in [4.69, 9.17) is 0 Å². The zero-order valence-electron chi connectivity index (χ0n) is 8.76. The van der Waals surface area contributed by atoms with Gasteiger partial charge < -0.3 is 5.11 Å². The van der Waals surface area contributed by atoms with Gasteiger partial charge in [0, 0.05) is 0 Å². The lowest BCUT2D eigenvalue weighted by atomic mass is 9.82. The molecule has 0 spiro atoms. The maximum absolute atomic E-state index is 10.0. The molecule has 0 aromatic heterocycles. The highest BCUT2D eigenvalue weighted by Crippen LogP contribution is 2.50. The lowest BCUT2D eigenvalue weighted by Gasteiger charge is -2.26. The highest BCUT2D eigenvalue weighted by molar-refractivity contribution is 4.95. The van der Waals surface area contributed by atoms with Crippen LogP contribution in [-0.2, 0) is 0 Å². The van der Waals surface area contributed by atoms with Crippen LogP contribution in [0.4, 0.5) is 0 Å². The van der Waals surface area contributed by atoms with Gasteiger partial charge in [-0.15, -0.1) is 0 Å². The summed E-state index contributed by atoms with van der Waals surface area (Å²) in [7, 11) is 0. The molecule has 0 aromatic rings. The van der Waals surface area contributed by atoms with Crippen molar-refractivity contribution in [2.45, 2.75) is 64.4 Å². The molecule has 1 unspecified atom stereocenters. The quantitative estimate of drug-likeness (QED) is 0.711. The third-order valence-corrected chi connectivity index (χ3v) is 4.12. The van der Waals surface area contributed by atoms with Crippen LogP contribution in [0.2, 0.25) is 0 Å². The Morgan fingerprint density at radius 2 is 1.85 bits per heavy atom. The van der Waals surface area contributed by atoms with Gasteiger partial charge in [0.15, 0.2) is 0 Å². The first-order valence-electron chi connectivity index (χ1n) is 5.89. The van der Waals surface area contributed by atoms with Gasteiger partial charge in [0.2, 0.25) is 0 Å². The largest absolute Gasteiger partial charge is 0.393 e. The van der Waals surface area contributed by atoms with Crippen molar-refractivity contribution in [3.8, 4) is 0 Å². The molecule has 0 heterocycles. The van der Waals surface area contributed by atoms with Gasteiger partial charge in [-0.1, -0.05) is 39.0 Å². The van der Waals surface area contributed by atoms with Crippen LogP contribution >= 0.6 is 0 Å². The molecule has 2 aliphatic carbocycles. The Bertz CT molecular complexity index is 166. The molecule has 2 rings (SSSR count). The zero-order chi connectivity index (χ0) is 9.31. The summed E-state index contributed by atoms with van der Waals surface area (Å²) in [4.78, 5) is 0. The van der Waals surface area contributed by atoms with Gasteiger partial charge in [-0.05, 0) is 30.6 Å². The molecule has 1 heteroatoms. The van der Waals surface area contributed by atoms with Gasteiger partial charge in [-0.2, -0.15) is 0 Å². The number of hydrogen-bond acceptors (Lipinski definition) is 1. The first-order valence-corrected chi connectivity index (χ1v) is 5.89. The monoisotopic (exact) mass is 182 g/mol. The maximum atomic E-state index is 10.0. The van der Waals surface area contributed by atoms with Crippen LogP contribution in [0.25, 0.3) is 0 Å². The van der Waals surface area contributed by atoms with Crippen LogP contribution in [0.3, 0.4) is 0 Å². The fraction of sp³-hybridized carbons (Fsp3) is 1.00. The van der Waals surface area contributed by atoms with Crippen LogP contribution in [0.15, 0.2) is 0 Å². The lowest BCUT2D eigenvalue weighted by molar-refractivity contribution is 0.0695. The summed E-state index contributed by atoms with van der Waals surface area (Å²) in [5.41, 5.74) is 0.317. The van der Waals surface area contributed by atoms with E-state index in [1.54, 1.807) is 0 Å². The Labute approximate surface area is 81.5 Å². The van der Waals surface area contributed by atoms with E-state index >= 15 is 0 Å². The minimum absolute atomic E-state index is 0.00407. The number of aliphatic hydroxyl groups is 1. The SMILES string of the molecule is CC1(C(O)CC2CCCCC2)CC1. The molecule has 2 saturated carbocycles. The molecule has 0 saturated heterocycles. The normalized spacial score (nSPS) is 30.0. The first kappa shape index (κ1) is 9.51. The molecule has 76 valence electrons. The topological polar surface area (TPSA) is 20.2 Å². The number of hydrogen-bond donors (Lipinski definition) is 1. The second-order valence-electron chi connectivity index (χ2n) is 5.41. The lowest BCUT2D eigenvalue weighted by Crippen LogP contribution is -2.23. The Morgan fingerprint density at radius 3 is 2.38 bits per heavy atom. The Kier molecular flexibility index (Phi) is 2.64. The van der Waals surface area contributed by atoms with Gasteiger partial charge in [0.05, 0.1) is 6.10 Å². The van der Waals surface area contributed by atoms with Gasteiger partial charge in [0.25, 0.3) is 0 Å². The number of rotatable bonds is 3. The van der Waals surface area contributed by atoms with Crippen molar-refractivity contribution in [2.75, 3.05) is 0 Å². The standard InChI is InChI=1S/C12H22O/c1-12(7-8-12)11(13)9-10-5-3-2-4-6-10/h10-11,13H,2-9H2,1H3. The summed E-state index contributed by atoms with van der Waals surface area (Å²) in [6.07, 6.45) is 10.5. The summed E-state index contributed by atoms with van der Waals surface area (Å²) in [6, 6.07) is 0. The maximum Gasteiger partial charge on any atom is 0.0596 e. The summed E-state index contributed by atoms with van der Waals surface area (Å²) >= 11 is 0. The highest BCUT2D eigenvalue weighted by Gasteiger charge is 2.44. The molecule has 1 nitrogen and oxygen atoms in total. The van der Waals surface area contributed by atoms with Crippen LogP contribution in [-0.4, -0.2) is 11.2 Å². The molecule has 1 N–H and O–H groups in total. The van der Waals surface area contributed by atoms with E-state index in [2.05, 4.69) is 6.92 Å². The van der Waals surface area contributed by atoms with Gasteiger partial charge in [0.1, 0.15) is 0 Å². The van der Waals surface area contributed by atoms with Crippen molar-refractivity contribution in [1.29, 1.82) is 0 Å². The molecule has 0 aromatic carbocycles. The van der Waals surface area contributed by atoms with Crippen LogP contribution in [0.5, 0.6) is 0 Å². The van der Waals surface area contributed by atoms with E-state index in [-0.39, 0.29) is 6.10 Å². The van der Waals surface area contributed by atoms with Crippen molar-refractivity contribution in [3.63, 3.8) is 0 Å². The van der Waals surface area contributed by atoms with Crippen LogP contribution < -0.4 is 0 Å². The minimum Gasteiger partial charge on any atom is -0.393 e. The highest BCUT2D eigenvalue weighted by atomic mass is 16.3. The molecule has 13 heavy (non-hydrogen) atoms. The fourth-order valence-corrected chi connectivity index (χ4v) is 2.55. The fourth-order valence-electron chi connectivity index (χ4n) is 2.55. The molecule has 0 amide bonds. The molecule has 0 bridgehead atoms. The van der Waals surface area contributed by atoms with Crippen LogP contribution in [0.1, 0.15) is 58.3 Å². The average Bonchev–Trinajstić information content (AvgIpc) is 2.87. The predicted octanol–water partition coefficient (Wildman–Crippen LogP) is 3.12. The van der Waals surface area contributed by atoms with E-state index in [9.17, 15) is 5.11 Å². The van der Waals surface area contributed by atoms with Gasteiger partial charge >= 0.3 is 0 Å². The first-order chi connectivity index (χ1) is 6.21. The van der Waals surface area contributed by atoms with Crippen LogP contribution in [0, 0.1) is 11.3 Å². The molecule has 2 aliphatic rings. The van der Waals surface area contributed by atoms with Crippen molar-refractivity contribution in [1.82, 2.24) is 0 Å². The molecule has 1 atom stereocenters. The summed E-state index contributed by atoms with van der Waals surface area (Å²) in [5, 5.41) is 10.0. The van der Waals surface area contributed by atoms with Crippen molar-refractivity contribution in [3.05, 3.63) is 0 Å². The van der Waals surface area contributed by atoms with Gasteiger partial charge in [-0.3, -0.25) is 0 Å². The summed E-state index contributed by atoms with van der Waals surface area (Å²) in [5.74, 6) is 0.834. The summed E-state index contributed by atoms with van der Waals surface area (Å²) < 4.78 is 0. The minimum atomic E-state index is -0.00407. The van der Waals surface area contributed by atoms with E-state index < -0.39 is 0 Å². The molecular weight excluding hydrogens is 160 g/mol. The third-order valence-electron chi connectivity index (χ3n) is 4.12. The third kappa shape index (κ3) is 2.25. The summed E-state index contributed by atoms with van der Waals surface area (Å²) in [6.45, 7) is 2.24. The molecule has 0 radical (unpaired) electrons. The zero-order valence-corrected chi connectivity index (χ0v) is 8.76. The molecule has 2 fully saturated rings. The van der Waals surface area contributed by atoms with Crippen molar-refractivity contribution in [2.24, 2.45) is 11.3 Å². The smallest absolute Gasteiger partial charge is 0.0596 e. The van der Waals surface area contributed by atoms with E-state index in [0.29, 0.717) is 5.41 Å². The Morgan fingerprint density at radius 1 is 1.23 bits per heavy atom. The second-order valence-corrected chi connectivity index (χ2v) is 5.41. The van der Waals surface area contributed by atoms with E-state index in [1.807, 2.05) is 0 Å². The number of aliphatic hydroxyl groups excluding tert-OH is 1. The van der Waals surface area contributed by atoms with Crippen molar-refractivity contribution < 1.29 is 5.11 Å². The molecule has 0 aliphatic heterocycles. The van der Waals surface area contributed by atoms with E-state index in [1.165, 1.54) is 44.9 Å².